The molecular formula is C22H34FN3O2. The summed E-state index contributed by atoms with van der Waals surface area (Å²) in [6.45, 7) is 10.1. The minimum absolute atomic E-state index is 0.0728. The van der Waals surface area contributed by atoms with E-state index in [2.05, 4.69) is 22.0 Å². The first-order valence-corrected chi connectivity index (χ1v) is 10.7. The topological polar surface area (TPSA) is 44.8 Å². The van der Waals surface area contributed by atoms with Gasteiger partial charge in [0.15, 0.2) is 6.10 Å². The fraction of sp³-hybridized carbons (Fsp3) is 0.682. The van der Waals surface area contributed by atoms with Gasteiger partial charge in [-0.25, -0.2) is 4.39 Å². The first kappa shape index (κ1) is 21.1. The normalized spacial score (nSPS) is 21.8. The number of likely N-dealkylation sites (N-methyl/N-ethyl adjacent to an activating group) is 1. The zero-order valence-corrected chi connectivity index (χ0v) is 17.3. The van der Waals surface area contributed by atoms with Crippen LogP contribution in [0.2, 0.25) is 0 Å². The second kappa shape index (κ2) is 9.70. The largest absolute Gasteiger partial charge is 0.481 e. The Labute approximate surface area is 168 Å². The summed E-state index contributed by atoms with van der Waals surface area (Å²) in [6.07, 6.45) is 5.42. The van der Waals surface area contributed by atoms with Gasteiger partial charge in [-0.15, -0.1) is 0 Å². The number of nitrogens with zero attached hydrogens (tertiary/aromatic N) is 2. The van der Waals surface area contributed by atoms with Crippen LogP contribution in [0.1, 0.15) is 46.0 Å². The van der Waals surface area contributed by atoms with Gasteiger partial charge in [-0.2, -0.15) is 0 Å². The van der Waals surface area contributed by atoms with Crippen molar-refractivity contribution in [2.45, 2.75) is 57.6 Å². The number of benzene rings is 1. The molecule has 3 rings (SSSR count). The lowest BCUT2D eigenvalue weighted by Gasteiger charge is -2.50. The standard InChI is InChI=1S/C22H34FN3O2/c1-3-25-13-15-26(16-14-25)22(11-5-4-6-12-22)17-24-21(27)18(2)28-20-9-7-19(23)8-10-20/h7-10,18H,3-6,11-17H2,1-2H3,(H,24,27). The summed E-state index contributed by atoms with van der Waals surface area (Å²) < 4.78 is 18.7. The average molecular weight is 392 g/mol. The van der Waals surface area contributed by atoms with Crippen molar-refractivity contribution in [1.82, 2.24) is 15.1 Å². The average Bonchev–Trinajstić information content (AvgIpc) is 2.74. The molecule has 2 fully saturated rings. The van der Waals surface area contributed by atoms with Crippen LogP contribution in [0.4, 0.5) is 4.39 Å². The molecule has 2 aliphatic rings. The van der Waals surface area contributed by atoms with Crippen molar-refractivity contribution in [3.05, 3.63) is 30.1 Å². The third-order valence-corrected chi connectivity index (χ3v) is 6.36. The van der Waals surface area contributed by atoms with Crippen LogP contribution < -0.4 is 10.1 Å². The maximum Gasteiger partial charge on any atom is 0.260 e. The summed E-state index contributed by atoms with van der Waals surface area (Å²) in [7, 11) is 0. The molecule has 1 aromatic rings. The second-order valence-electron chi connectivity index (χ2n) is 8.14. The fourth-order valence-electron chi connectivity index (χ4n) is 4.52. The van der Waals surface area contributed by atoms with Gasteiger partial charge in [-0.05, 0) is 50.6 Å². The van der Waals surface area contributed by atoms with Gasteiger partial charge < -0.3 is 15.0 Å². The number of nitrogens with one attached hydrogen (secondary N) is 1. The van der Waals surface area contributed by atoms with Crippen LogP contribution in [0.3, 0.4) is 0 Å². The van der Waals surface area contributed by atoms with Crippen LogP contribution in [0, 0.1) is 5.82 Å². The third kappa shape index (κ3) is 5.23. The van der Waals surface area contributed by atoms with E-state index in [-0.39, 0.29) is 17.3 Å². The highest BCUT2D eigenvalue weighted by Gasteiger charge is 2.39. The number of hydrogen-bond donors (Lipinski definition) is 1. The molecule has 1 unspecified atom stereocenters. The highest BCUT2D eigenvalue weighted by Crippen LogP contribution is 2.34. The molecule has 1 heterocycles. The summed E-state index contributed by atoms with van der Waals surface area (Å²) >= 11 is 0. The van der Waals surface area contributed by atoms with Crippen molar-refractivity contribution in [1.29, 1.82) is 0 Å². The Morgan fingerprint density at radius 2 is 1.79 bits per heavy atom. The second-order valence-corrected chi connectivity index (χ2v) is 8.14. The zero-order valence-electron chi connectivity index (χ0n) is 17.3. The minimum atomic E-state index is -0.608. The SMILES string of the molecule is CCN1CCN(C2(CNC(=O)C(C)Oc3ccc(F)cc3)CCCCC2)CC1. The predicted octanol–water partition coefficient (Wildman–Crippen LogP) is 3.05. The highest BCUT2D eigenvalue weighted by molar-refractivity contribution is 5.80. The lowest BCUT2D eigenvalue weighted by atomic mass is 9.79. The molecule has 1 atom stereocenters. The van der Waals surface area contributed by atoms with Gasteiger partial charge >= 0.3 is 0 Å². The number of piperazine rings is 1. The Hall–Kier alpha value is -1.66. The number of rotatable bonds is 7. The molecule has 0 aromatic heterocycles. The molecule has 6 heteroatoms. The lowest BCUT2D eigenvalue weighted by molar-refractivity contribution is -0.128. The summed E-state index contributed by atoms with van der Waals surface area (Å²) in [6, 6.07) is 5.78. The van der Waals surface area contributed by atoms with Crippen molar-refractivity contribution in [2.75, 3.05) is 39.3 Å². The van der Waals surface area contributed by atoms with E-state index in [0.717, 1.165) is 45.6 Å². The van der Waals surface area contributed by atoms with E-state index >= 15 is 0 Å². The van der Waals surface area contributed by atoms with Crippen molar-refractivity contribution in [2.24, 2.45) is 0 Å². The number of hydrogen-bond acceptors (Lipinski definition) is 4. The summed E-state index contributed by atoms with van der Waals surface area (Å²) in [4.78, 5) is 17.7. The van der Waals surface area contributed by atoms with E-state index in [9.17, 15) is 9.18 Å². The molecular weight excluding hydrogens is 357 g/mol. The van der Waals surface area contributed by atoms with E-state index in [1.807, 2.05) is 0 Å². The summed E-state index contributed by atoms with van der Waals surface area (Å²) in [5, 5.41) is 3.15. The van der Waals surface area contributed by atoms with E-state index < -0.39 is 6.10 Å². The molecule has 28 heavy (non-hydrogen) atoms. The molecule has 0 spiro atoms. The van der Waals surface area contributed by atoms with Crippen LogP contribution in [0.5, 0.6) is 5.75 Å². The van der Waals surface area contributed by atoms with Crippen LogP contribution in [0.15, 0.2) is 24.3 Å². The minimum Gasteiger partial charge on any atom is -0.481 e. The van der Waals surface area contributed by atoms with Gasteiger partial charge in [-0.3, -0.25) is 9.69 Å². The van der Waals surface area contributed by atoms with Crippen LogP contribution in [-0.2, 0) is 4.79 Å². The maximum absolute atomic E-state index is 13.0. The summed E-state index contributed by atoms with van der Waals surface area (Å²) in [5.74, 6) is 0.0837. The third-order valence-electron chi connectivity index (χ3n) is 6.36. The van der Waals surface area contributed by atoms with Crippen molar-refractivity contribution in [3.63, 3.8) is 0 Å². The van der Waals surface area contributed by atoms with E-state index in [1.165, 1.54) is 31.4 Å². The fourth-order valence-corrected chi connectivity index (χ4v) is 4.52. The Balaban J connectivity index is 1.57. The number of amides is 1. The monoisotopic (exact) mass is 391 g/mol. The van der Waals surface area contributed by atoms with Crippen LogP contribution >= 0.6 is 0 Å². The molecule has 1 aliphatic carbocycles. The molecule has 1 saturated heterocycles. The van der Waals surface area contributed by atoms with Gasteiger partial charge in [-0.1, -0.05) is 26.2 Å². The number of carbonyl (C=O) groups is 1. The van der Waals surface area contributed by atoms with Crippen LogP contribution in [-0.4, -0.2) is 66.6 Å². The maximum atomic E-state index is 13.0. The van der Waals surface area contributed by atoms with Crippen LogP contribution in [0.25, 0.3) is 0 Å². The number of halogens is 1. The molecule has 1 saturated carbocycles. The Kier molecular flexibility index (Phi) is 7.30. The molecule has 0 radical (unpaired) electrons. The van der Waals surface area contributed by atoms with Gasteiger partial charge in [0.1, 0.15) is 11.6 Å². The Bertz CT molecular complexity index is 623. The van der Waals surface area contributed by atoms with E-state index in [1.54, 1.807) is 19.1 Å². The van der Waals surface area contributed by atoms with Crippen molar-refractivity contribution in [3.8, 4) is 5.75 Å². The molecule has 0 bridgehead atoms. The molecule has 1 aromatic carbocycles. The molecule has 1 amide bonds. The molecule has 1 aliphatic heterocycles. The van der Waals surface area contributed by atoms with Gasteiger partial charge in [0.2, 0.25) is 0 Å². The van der Waals surface area contributed by atoms with Gasteiger partial charge in [0, 0.05) is 38.3 Å². The van der Waals surface area contributed by atoms with Crippen molar-refractivity contribution < 1.29 is 13.9 Å². The lowest BCUT2D eigenvalue weighted by Crippen LogP contribution is -2.62. The van der Waals surface area contributed by atoms with Gasteiger partial charge in [0.05, 0.1) is 0 Å². The summed E-state index contributed by atoms with van der Waals surface area (Å²) in [5.41, 5.74) is 0.0728. The number of carbonyl (C=O) groups excluding carboxylic acids is 1. The first-order valence-electron chi connectivity index (χ1n) is 10.7. The smallest absolute Gasteiger partial charge is 0.260 e. The molecule has 156 valence electrons. The van der Waals surface area contributed by atoms with E-state index in [0.29, 0.717) is 12.3 Å². The van der Waals surface area contributed by atoms with E-state index in [4.69, 9.17) is 4.74 Å². The zero-order chi connectivity index (χ0) is 20.0. The molecule has 5 nitrogen and oxygen atoms in total. The molecule has 1 N–H and O–H groups in total. The Morgan fingerprint density at radius 3 is 2.39 bits per heavy atom. The Morgan fingerprint density at radius 1 is 1.14 bits per heavy atom. The highest BCUT2D eigenvalue weighted by atomic mass is 19.1. The van der Waals surface area contributed by atoms with Crippen molar-refractivity contribution >= 4 is 5.91 Å². The number of ether oxygens (including phenoxy) is 1. The predicted molar refractivity (Wildman–Crippen MR) is 109 cm³/mol. The first-order chi connectivity index (χ1) is 13.5. The quantitative estimate of drug-likeness (QED) is 0.776. The van der Waals surface area contributed by atoms with Gasteiger partial charge in [0.25, 0.3) is 5.91 Å².